The van der Waals surface area contributed by atoms with Gasteiger partial charge in [-0.05, 0) is 12.1 Å². The molecule has 0 aromatic carbocycles. The number of rotatable bonds is 5. The quantitative estimate of drug-likeness (QED) is 0.630. The molecule has 0 saturated heterocycles. The Balaban J connectivity index is 2.18. The maximum atomic E-state index is 12.1. The fourth-order valence-corrected chi connectivity index (χ4v) is 2.93. The van der Waals surface area contributed by atoms with Crippen LogP contribution in [0.25, 0.3) is 10.9 Å². The first-order valence-corrected chi connectivity index (χ1v) is 10.7. The molecular formula is C13H20ClN3O2Si. The van der Waals surface area contributed by atoms with Crippen molar-refractivity contribution in [2.75, 3.05) is 6.61 Å². The second kappa shape index (κ2) is 5.71. The van der Waals surface area contributed by atoms with Gasteiger partial charge in [0.05, 0.1) is 0 Å². The summed E-state index contributed by atoms with van der Waals surface area (Å²) >= 11 is 6.05. The highest BCUT2D eigenvalue weighted by Crippen LogP contribution is 2.19. The number of nitrogens with zero attached hydrogens (tertiary/aromatic N) is 3. The van der Waals surface area contributed by atoms with Crippen LogP contribution in [0.15, 0.2) is 17.1 Å². The van der Waals surface area contributed by atoms with Crippen LogP contribution in [0.1, 0.15) is 0 Å². The van der Waals surface area contributed by atoms with Crippen molar-refractivity contribution in [2.24, 2.45) is 7.05 Å². The molecule has 0 N–H and O–H groups in total. The van der Waals surface area contributed by atoms with Gasteiger partial charge in [0.15, 0.2) is 5.15 Å². The minimum atomic E-state index is -1.09. The Morgan fingerprint density at radius 1 is 1.40 bits per heavy atom. The van der Waals surface area contributed by atoms with Crippen LogP contribution in [-0.4, -0.2) is 29.0 Å². The van der Waals surface area contributed by atoms with E-state index in [-0.39, 0.29) is 5.56 Å². The lowest BCUT2D eigenvalue weighted by atomic mass is 10.4. The number of hydrogen-bond acceptors (Lipinski definition) is 3. The molecule has 2 aromatic rings. The number of hydrogen-bond donors (Lipinski definition) is 0. The molecule has 5 nitrogen and oxygen atoms in total. The van der Waals surface area contributed by atoms with Gasteiger partial charge in [-0.25, -0.2) is 4.68 Å². The molecule has 2 rings (SSSR count). The maximum absolute atomic E-state index is 12.1. The average molecular weight is 314 g/mol. The van der Waals surface area contributed by atoms with E-state index in [2.05, 4.69) is 24.7 Å². The molecule has 0 saturated carbocycles. The summed E-state index contributed by atoms with van der Waals surface area (Å²) < 4.78 is 8.72. The van der Waals surface area contributed by atoms with E-state index in [1.807, 2.05) is 6.20 Å². The van der Waals surface area contributed by atoms with Crippen LogP contribution in [0.3, 0.4) is 0 Å². The van der Waals surface area contributed by atoms with Crippen molar-refractivity contribution in [2.45, 2.75) is 32.4 Å². The molecule has 7 heteroatoms. The number of ether oxygens (including phenoxy) is 1. The summed E-state index contributed by atoms with van der Waals surface area (Å²) in [5.74, 6) is 0. The first-order valence-electron chi connectivity index (χ1n) is 6.59. The Labute approximate surface area is 124 Å². The molecule has 110 valence electrons. The van der Waals surface area contributed by atoms with Gasteiger partial charge in [-0.3, -0.25) is 4.79 Å². The van der Waals surface area contributed by atoms with Crippen LogP contribution in [0.2, 0.25) is 30.8 Å². The standard InChI is InChI=1S/C13H20ClN3O2Si/c1-16-13(18)11-10(12(14)15-16)5-6-17(11)9-19-7-8-20(2,3)4/h5-6H,7-9H2,1-4H3. The van der Waals surface area contributed by atoms with Crippen molar-refractivity contribution in [3.05, 3.63) is 27.8 Å². The van der Waals surface area contributed by atoms with Crippen molar-refractivity contribution in [3.8, 4) is 0 Å². The van der Waals surface area contributed by atoms with E-state index < -0.39 is 8.07 Å². The van der Waals surface area contributed by atoms with Gasteiger partial charge in [0.2, 0.25) is 0 Å². The smallest absolute Gasteiger partial charge is 0.291 e. The predicted octanol–water partition coefficient (Wildman–Crippen LogP) is 2.70. The Kier molecular flexibility index (Phi) is 4.36. The lowest BCUT2D eigenvalue weighted by Crippen LogP contribution is -2.23. The summed E-state index contributed by atoms with van der Waals surface area (Å²) in [7, 11) is 0.501. The van der Waals surface area contributed by atoms with Gasteiger partial charge >= 0.3 is 0 Å². The van der Waals surface area contributed by atoms with Gasteiger partial charge in [-0.2, -0.15) is 5.10 Å². The number of fused-ring (bicyclic) bond motifs is 1. The monoisotopic (exact) mass is 313 g/mol. The first kappa shape index (κ1) is 15.3. The zero-order valence-corrected chi connectivity index (χ0v) is 14.1. The third-order valence-corrected chi connectivity index (χ3v) is 5.13. The third-order valence-electron chi connectivity index (χ3n) is 3.15. The summed E-state index contributed by atoms with van der Waals surface area (Å²) in [6.07, 6.45) is 1.81. The molecule has 0 aliphatic rings. The molecule has 0 bridgehead atoms. The van der Waals surface area contributed by atoms with Gasteiger partial charge in [0, 0.05) is 33.3 Å². The minimum Gasteiger partial charge on any atom is -0.361 e. The second-order valence-corrected chi connectivity index (χ2v) is 12.1. The van der Waals surface area contributed by atoms with Crippen molar-refractivity contribution in [1.29, 1.82) is 0 Å². The number of halogens is 1. The molecule has 2 heterocycles. The molecule has 0 unspecified atom stereocenters. The van der Waals surface area contributed by atoms with Crippen LogP contribution < -0.4 is 5.56 Å². The predicted molar refractivity (Wildman–Crippen MR) is 84.1 cm³/mol. The molecule has 0 spiro atoms. The van der Waals surface area contributed by atoms with Crippen molar-refractivity contribution < 1.29 is 4.74 Å². The molecule has 0 atom stereocenters. The first-order chi connectivity index (χ1) is 9.29. The van der Waals surface area contributed by atoms with Crippen LogP contribution >= 0.6 is 11.6 Å². The fourth-order valence-electron chi connectivity index (χ4n) is 1.91. The Bertz CT molecular complexity index is 673. The summed E-state index contributed by atoms with van der Waals surface area (Å²) in [5.41, 5.74) is 0.378. The zero-order chi connectivity index (χ0) is 14.9. The van der Waals surface area contributed by atoms with Gasteiger partial charge in [-0.1, -0.05) is 31.2 Å². The van der Waals surface area contributed by atoms with Crippen LogP contribution in [-0.2, 0) is 18.5 Å². The minimum absolute atomic E-state index is 0.164. The lowest BCUT2D eigenvalue weighted by molar-refractivity contribution is 0.0901. The molecule has 0 fully saturated rings. The largest absolute Gasteiger partial charge is 0.361 e. The van der Waals surface area contributed by atoms with Gasteiger partial charge < -0.3 is 9.30 Å². The molecule has 20 heavy (non-hydrogen) atoms. The van der Waals surface area contributed by atoms with Crippen LogP contribution in [0.5, 0.6) is 0 Å². The summed E-state index contributed by atoms with van der Waals surface area (Å²) in [4.78, 5) is 12.1. The van der Waals surface area contributed by atoms with Crippen LogP contribution in [0.4, 0.5) is 0 Å². The molecule has 0 aliphatic carbocycles. The SMILES string of the molecule is Cn1nc(Cl)c2ccn(COCC[Si](C)(C)C)c2c1=O. The molecule has 0 amide bonds. The van der Waals surface area contributed by atoms with Gasteiger partial charge in [0.25, 0.3) is 5.56 Å². The molecule has 0 radical (unpaired) electrons. The van der Waals surface area contributed by atoms with E-state index in [9.17, 15) is 4.79 Å². The maximum Gasteiger partial charge on any atom is 0.291 e. The van der Waals surface area contributed by atoms with Crippen molar-refractivity contribution in [3.63, 3.8) is 0 Å². The molecule has 2 aromatic heterocycles. The Morgan fingerprint density at radius 2 is 2.10 bits per heavy atom. The van der Waals surface area contributed by atoms with Gasteiger partial charge in [0.1, 0.15) is 12.2 Å². The Hall–Kier alpha value is -1.11. The number of aromatic nitrogens is 3. The average Bonchev–Trinajstić information content (AvgIpc) is 2.75. The lowest BCUT2D eigenvalue weighted by Gasteiger charge is -2.15. The Morgan fingerprint density at radius 3 is 2.75 bits per heavy atom. The highest BCUT2D eigenvalue weighted by molar-refractivity contribution is 6.76. The third kappa shape index (κ3) is 3.31. The van der Waals surface area contributed by atoms with E-state index in [4.69, 9.17) is 16.3 Å². The van der Waals surface area contributed by atoms with E-state index in [1.54, 1.807) is 17.7 Å². The van der Waals surface area contributed by atoms with Crippen LogP contribution in [0, 0.1) is 0 Å². The molecular weight excluding hydrogens is 294 g/mol. The fraction of sp³-hybridized carbons (Fsp3) is 0.538. The summed E-state index contributed by atoms with van der Waals surface area (Å²) in [5, 5.41) is 4.97. The number of aryl methyl sites for hydroxylation is 1. The van der Waals surface area contributed by atoms with E-state index in [0.29, 0.717) is 29.4 Å². The van der Waals surface area contributed by atoms with E-state index in [1.165, 1.54) is 4.68 Å². The van der Waals surface area contributed by atoms with Crippen molar-refractivity contribution in [1.82, 2.24) is 14.3 Å². The summed E-state index contributed by atoms with van der Waals surface area (Å²) in [6, 6.07) is 2.90. The topological polar surface area (TPSA) is 49.0 Å². The second-order valence-electron chi connectivity index (χ2n) is 6.12. The van der Waals surface area contributed by atoms with Crippen molar-refractivity contribution >= 4 is 30.6 Å². The zero-order valence-electron chi connectivity index (χ0n) is 12.3. The normalized spacial score (nSPS) is 12.2. The summed E-state index contributed by atoms with van der Waals surface area (Å²) in [6.45, 7) is 8.01. The van der Waals surface area contributed by atoms with Gasteiger partial charge in [-0.15, -0.1) is 0 Å². The highest BCUT2D eigenvalue weighted by atomic mass is 35.5. The highest BCUT2D eigenvalue weighted by Gasteiger charge is 2.14. The van der Waals surface area contributed by atoms with E-state index in [0.717, 1.165) is 6.04 Å². The molecule has 0 aliphatic heterocycles. The van der Waals surface area contributed by atoms with E-state index >= 15 is 0 Å².